The molecule has 1 N–H and O–H groups in total. The molecule has 1 spiro atoms. The highest BCUT2D eigenvalue weighted by molar-refractivity contribution is 5.77. The van der Waals surface area contributed by atoms with Crippen LogP contribution in [0.25, 0.3) is 0 Å². The smallest absolute Gasteiger partial charge is 0.224 e. The lowest BCUT2D eigenvalue weighted by molar-refractivity contribution is -0.158. The summed E-state index contributed by atoms with van der Waals surface area (Å²) in [5, 5.41) is 2.99. The molecule has 0 aromatic heterocycles. The minimum absolute atomic E-state index is 0.140. The van der Waals surface area contributed by atoms with Gasteiger partial charge in [-0.1, -0.05) is 6.92 Å². The van der Waals surface area contributed by atoms with Gasteiger partial charge >= 0.3 is 0 Å². The van der Waals surface area contributed by atoms with E-state index in [1.54, 1.807) is 0 Å². The number of hydrogen-bond donors (Lipinski definition) is 1. The molecular weight excluding hydrogens is 180 g/mol. The summed E-state index contributed by atoms with van der Waals surface area (Å²) in [6.45, 7) is 5.88. The van der Waals surface area contributed by atoms with Gasteiger partial charge in [-0.3, -0.25) is 4.79 Å². The Balaban J connectivity index is 1.94. The Labute approximate surface area is 84.6 Å². The maximum absolute atomic E-state index is 11.3. The first-order chi connectivity index (χ1) is 6.74. The van der Waals surface area contributed by atoms with E-state index in [1.165, 1.54) is 0 Å². The van der Waals surface area contributed by atoms with Crippen LogP contribution in [-0.2, 0) is 9.53 Å². The summed E-state index contributed by atoms with van der Waals surface area (Å²) < 4.78 is 5.71. The Hall–Kier alpha value is -0.610. The number of carbonyl (C=O) groups excluding carboxylic acids is 1. The number of rotatable bonds is 1. The Morgan fingerprint density at radius 2 is 2.21 bits per heavy atom. The van der Waals surface area contributed by atoms with Gasteiger partial charge in [0.2, 0.25) is 5.91 Å². The third-order valence-electron chi connectivity index (χ3n) is 3.19. The van der Waals surface area contributed by atoms with E-state index in [4.69, 9.17) is 4.74 Å². The Morgan fingerprint density at radius 3 is 2.79 bits per heavy atom. The monoisotopic (exact) mass is 198 g/mol. The maximum atomic E-state index is 11.3. The average Bonchev–Trinajstić information content (AvgIpc) is 2.19. The number of piperidine rings is 1. The molecule has 2 aliphatic rings. The topological polar surface area (TPSA) is 41.6 Å². The lowest BCUT2D eigenvalue weighted by Crippen LogP contribution is -2.59. The van der Waals surface area contributed by atoms with Crippen molar-refractivity contribution in [1.29, 1.82) is 0 Å². The molecule has 0 aromatic carbocycles. The van der Waals surface area contributed by atoms with E-state index in [-0.39, 0.29) is 11.6 Å². The molecule has 4 heteroatoms. The van der Waals surface area contributed by atoms with Gasteiger partial charge in [-0.2, -0.15) is 0 Å². The number of carbonyl (C=O) groups is 1. The molecular formula is C10H18N2O2. The van der Waals surface area contributed by atoms with Crippen LogP contribution in [0.4, 0.5) is 0 Å². The van der Waals surface area contributed by atoms with Crippen molar-refractivity contribution < 1.29 is 9.53 Å². The van der Waals surface area contributed by atoms with Gasteiger partial charge in [0.25, 0.3) is 0 Å². The van der Waals surface area contributed by atoms with Crippen LogP contribution in [0.2, 0.25) is 0 Å². The van der Waals surface area contributed by atoms with Crippen molar-refractivity contribution in [3.63, 3.8) is 0 Å². The maximum Gasteiger partial charge on any atom is 0.224 e. The largest absolute Gasteiger partial charge is 0.355 e. The summed E-state index contributed by atoms with van der Waals surface area (Å²) in [4.78, 5) is 13.7. The van der Waals surface area contributed by atoms with E-state index in [1.807, 2.05) is 0 Å². The highest BCUT2D eigenvalue weighted by Crippen LogP contribution is 2.26. The molecule has 0 radical (unpaired) electrons. The average molecular weight is 198 g/mol. The second-order valence-electron chi connectivity index (χ2n) is 4.08. The van der Waals surface area contributed by atoms with Crippen LogP contribution in [0.5, 0.6) is 0 Å². The van der Waals surface area contributed by atoms with E-state index < -0.39 is 0 Å². The molecule has 2 saturated heterocycles. The molecule has 14 heavy (non-hydrogen) atoms. The summed E-state index contributed by atoms with van der Waals surface area (Å²) in [7, 11) is 0. The normalized spacial score (nSPS) is 27.6. The van der Waals surface area contributed by atoms with Gasteiger partial charge in [0, 0.05) is 25.9 Å². The van der Waals surface area contributed by atoms with Crippen LogP contribution >= 0.6 is 0 Å². The van der Waals surface area contributed by atoms with Gasteiger partial charge in [0.05, 0.1) is 13.0 Å². The molecule has 2 aliphatic heterocycles. The van der Waals surface area contributed by atoms with Crippen molar-refractivity contribution in [1.82, 2.24) is 10.2 Å². The van der Waals surface area contributed by atoms with Crippen LogP contribution in [0.1, 0.15) is 26.2 Å². The zero-order valence-electron chi connectivity index (χ0n) is 8.71. The van der Waals surface area contributed by atoms with Gasteiger partial charge in [0.1, 0.15) is 5.72 Å². The summed E-state index contributed by atoms with van der Waals surface area (Å²) in [5.74, 6) is 0.140. The summed E-state index contributed by atoms with van der Waals surface area (Å²) in [6.07, 6.45) is 2.36. The number of likely N-dealkylation sites (tertiary alicyclic amines) is 1. The molecule has 2 rings (SSSR count). The number of ether oxygens (including phenoxy) is 1. The second kappa shape index (κ2) is 3.87. The molecule has 1 amide bonds. The number of hydrogen-bond acceptors (Lipinski definition) is 3. The van der Waals surface area contributed by atoms with E-state index in [0.717, 1.165) is 32.5 Å². The number of nitrogens with zero attached hydrogens (tertiary/aromatic N) is 1. The molecule has 0 bridgehead atoms. The SMILES string of the molecule is CCN1CCC2(CC1)NC(=O)CCO2. The van der Waals surface area contributed by atoms with Crippen LogP contribution in [0, 0.1) is 0 Å². The van der Waals surface area contributed by atoms with Gasteiger partial charge in [-0.05, 0) is 6.54 Å². The van der Waals surface area contributed by atoms with Gasteiger partial charge < -0.3 is 15.0 Å². The predicted molar refractivity (Wildman–Crippen MR) is 52.8 cm³/mol. The molecule has 0 aromatic rings. The molecule has 4 nitrogen and oxygen atoms in total. The van der Waals surface area contributed by atoms with Crippen molar-refractivity contribution in [2.24, 2.45) is 0 Å². The summed E-state index contributed by atoms with van der Waals surface area (Å²) in [6, 6.07) is 0. The number of nitrogens with one attached hydrogen (secondary N) is 1. The molecule has 0 atom stereocenters. The minimum Gasteiger partial charge on any atom is -0.355 e. The van der Waals surface area contributed by atoms with E-state index in [2.05, 4.69) is 17.1 Å². The van der Waals surface area contributed by atoms with Crippen molar-refractivity contribution >= 4 is 5.91 Å². The first-order valence-corrected chi connectivity index (χ1v) is 5.41. The van der Waals surface area contributed by atoms with Crippen molar-refractivity contribution in [2.45, 2.75) is 31.9 Å². The molecule has 0 aliphatic carbocycles. The van der Waals surface area contributed by atoms with E-state index in [9.17, 15) is 4.79 Å². The Bertz CT molecular complexity index is 222. The lowest BCUT2D eigenvalue weighted by Gasteiger charge is -2.43. The lowest BCUT2D eigenvalue weighted by atomic mass is 9.98. The zero-order chi connectivity index (χ0) is 10.0. The van der Waals surface area contributed by atoms with Crippen LogP contribution in [-0.4, -0.2) is 42.8 Å². The van der Waals surface area contributed by atoms with Crippen molar-refractivity contribution in [2.75, 3.05) is 26.2 Å². The van der Waals surface area contributed by atoms with Crippen LogP contribution < -0.4 is 5.32 Å². The quantitative estimate of drug-likeness (QED) is 0.660. The zero-order valence-corrected chi connectivity index (χ0v) is 8.71. The highest BCUT2D eigenvalue weighted by atomic mass is 16.5. The first kappa shape index (κ1) is 9.93. The fourth-order valence-electron chi connectivity index (χ4n) is 2.19. The molecule has 0 unspecified atom stereocenters. The summed E-state index contributed by atoms with van der Waals surface area (Å²) >= 11 is 0. The fourth-order valence-corrected chi connectivity index (χ4v) is 2.19. The first-order valence-electron chi connectivity index (χ1n) is 5.41. The van der Waals surface area contributed by atoms with E-state index >= 15 is 0 Å². The highest BCUT2D eigenvalue weighted by Gasteiger charge is 2.38. The Kier molecular flexibility index (Phi) is 2.74. The number of amides is 1. The van der Waals surface area contributed by atoms with Crippen LogP contribution in [0.15, 0.2) is 0 Å². The van der Waals surface area contributed by atoms with Crippen molar-refractivity contribution in [3.8, 4) is 0 Å². The van der Waals surface area contributed by atoms with E-state index in [0.29, 0.717) is 13.0 Å². The van der Waals surface area contributed by atoms with Crippen LogP contribution in [0.3, 0.4) is 0 Å². The molecule has 80 valence electrons. The van der Waals surface area contributed by atoms with Crippen molar-refractivity contribution in [3.05, 3.63) is 0 Å². The molecule has 0 saturated carbocycles. The molecule has 2 fully saturated rings. The van der Waals surface area contributed by atoms with Gasteiger partial charge in [0.15, 0.2) is 0 Å². The van der Waals surface area contributed by atoms with Gasteiger partial charge in [-0.25, -0.2) is 0 Å². The summed E-state index contributed by atoms with van der Waals surface area (Å²) in [5.41, 5.74) is -0.332. The Morgan fingerprint density at radius 1 is 1.50 bits per heavy atom. The third-order valence-corrected chi connectivity index (χ3v) is 3.19. The second-order valence-corrected chi connectivity index (χ2v) is 4.08. The third kappa shape index (κ3) is 1.91. The predicted octanol–water partition coefficient (Wildman–Crippen LogP) is 0.335. The minimum atomic E-state index is -0.332. The molecule has 2 heterocycles. The standard InChI is InChI=1S/C10H18N2O2/c1-2-12-6-4-10(5-7-12)11-9(13)3-8-14-10/h2-8H2,1H3,(H,11,13). The fraction of sp³-hybridized carbons (Fsp3) is 0.900. The van der Waals surface area contributed by atoms with Gasteiger partial charge in [-0.15, -0.1) is 0 Å².